The predicted molar refractivity (Wildman–Crippen MR) is 111 cm³/mol. The average molecular weight is 457 g/mol. The van der Waals surface area contributed by atoms with Crippen LogP contribution in [0.5, 0.6) is 5.75 Å². The molecule has 1 fully saturated rings. The zero-order valence-corrected chi connectivity index (χ0v) is 17.6. The molecular formula is C22H21BrN2O4. The summed E-state index contributed by atoms with van der Waals surface area (Å²) in [4.78, 5) is 38.6. The largest absolute Gasteiger partial charge is 0.489 e. The quantitative estimate of drug-likeness (QED) is 0.552. The number of amides is 3. The molecule has 7 heteroatoms. The molecule has 4 rings (SSSR count). The molecule has 0 aliphatic carbocycles. The lowest BCUT2D eigenvalue weighted by Crippen LogP contribution is -2.61. The summed E-state index contributed by atoms with van der Waals surface area (Å²) in [5, 5.41) is 3.16. The van der Waals surface area contributed by atoms with Gasteiger partial charge in [-0.1, -0.05) is 46.3 Å². The van der Waals surface area contributed by atoms with E-state index in [1.54, 1.807) is 24.0 Å². The molecule has 2 aliphatic heterocycles. The number of carbonyl (C=O) groups is 3. The zero-order chi connectivity index (χ0) is 20.6. The lowest BCUT2D eigenvalue weighted by atomic mass is 9.89. The summed E-state index contributed by atoms with van der Waals surface area (Å²) in [6.07, 6.45) is 0.531. The van der Waals surface area contributed by atoms with Crippen LogP contribution in [0.1, 0.15) is 46.8 Å². The van der Waals surface area contributed by atoms with Gasteiger partial charge in [0, 0.05) is 22.9 Å². The van der Waals surface area contributed by atoms with Crippen molar-refractivity contribution in [2.24, 2.45) is 0 Å². The first-order chi connectivity index (χ1) is 13.9. The summed E-state index contributed by atoms with van der Waals surface area (Å²) >= 11 is 3.43. The molecule has 0 spiro atoms. The molecule has 0 radical (unpaired) electrons. The lowest BCUT2D eigenvalue weighted by molar-refractivity contribution is -0.142. The molecule has 1 atom stereocenters. The summed E-state index contributed by atoms with van der Waals surface area (Å²) in [7, 11) is 0. The van der Waals surface area contributed by atoms with Crippen LogP contribution in [0.15, 0.2) is 42.5 Å². The fourth-order valence-electron chi connectivity index (χ4n) is 3.78. The van der Waals surface area contributed by atoms with Gasteiger partial charge in [-0.25, -0.2) is 0 Å². The van der Waals surface area contributed by atoms with Gasteiger partial charge in [-0.15, -0.1) is 0 Å². The maximum atomic E-state index is 13.0. The van der Waals surface area contributed by atoms with Gasteiger partial charge in [-0.3, -0.25) is 19.7 Å². The Morgan fingerprint density at radius 1 is 1.10 bits per heavy atom. The van der Waals surface area contributed by atoms with E-state index in [0.29, 0.717) is 24.3 Å². The Morgan fingerprint density at radius 3 is 2.52 bits per heavy atom. The van der Waals surface area contributed by atoms with Gasteiger partial charge in [0.1, 0.15) is 17.9 Å². The predicted octanol–water partition coefficient (Wildman–Crippen LogP) is 3.31. The highest BCUT2D eigenvalue weighted by molar-refractivity contribution is 9.08. The first-order valence-corrected chi connectivity index (χ1v) is 10.6. The molecule has 1 N–H and O–H groups in total. The van der Waals surface area contributed by atoms with E-state index in [1.807, 2.05) is 30.3 Å². The smallest absolute Gasteiger partial charge is 0.255 e. The highest BCUT2D eigenvalue weighted by atomic mass is 79.9. The Morgan fingerprint density at radius 2 is 1.83 bits per heavy atom. The number of benzene rings is 2. The SMILES string of the molecule is CC1(N2Cc3c(OCc4ccc(CBr)cc4)cccc3C2=O)CCC(=O)NC1=O. The van der Waals surface area contributed by atoms with Crippen molar-refractivity contribution in [2.75, 3.05) is 0 Å². The fourth-order valence-corrected chi connectivity index (χ4v) is 4.15. The number of hydrogen-bond donors (Lipinski definition) is 1. The third kappa shape index (κ3) is 3.55. The molecule has 2 aliphatic rings. The standard InChI is InChI=1S/C22H21BrN2O4/c1-22(10-9-19(26)24-21(22)28)25-12-17-16(20(25)27)3-2-4-18(17)29-13-15-7-5-14(11-23)6-8-15/h2-8H,9-13H2,1H3,(H,24,26,28). The molecule has 6 nitrogen and oxygen atoms in total. The normalized spacial score (nSPS) is 21.2. The molecule has 0 aromatic heterocycles. The molecule has 1 unspecified atom stereocenters. The molecule has 150 valence electrons. The summed E-state index contributed by atoms with van der Waals surface area (Å²) < 4.78 is 6.02. The second-order valence-electron chi connectivity index (χ2n) is 7.56. The number of piperidine rings is 1. The summed E-state index contributed by atoms with van der Waals surface area (Å²) in [5.41, 5.74) is 2.49. The highest BCUT2D eigenvalue weighted by Crippen LogP contribution is 2.38. The van der Waals surface area contributed by atoms with Gasteiger partial charge in [-0.05, 0) is 36.6 Å². The molecule has 2 aromatic rings. The maximum Gasteiger partial charge on any atom is 0.255 e. The fraction of sp³-hybridized carbons (Fsp3) is 0.318. The number of nitrogens with zero attached hydrogens (tertiary/aromatic N) is 1. The third-order valence-corrected chi connectivity index (χ3v) is 6.32. The van der Waals surface area contributed by atoms with Crippen LogP contribution in [0, 0.1) is 0 Å². The number of alkyl halides is 1. The summed E-state index contributed by atoms with van der Waals surface area (Å²) in [6.45, 7) is 2.38. The van der Waals surface area contributed by atoms with E-state index in [2.05, 4.69) is 21.2 Å². The molecule has 0 saturated carbocycles. The zero-order valence-electron chi connectivity index (χ0n) is 16.0. The van der Waals surface area contributed by atoms with Gasteiger partial charge in [0.15, 0.2) is 0 Å². The van der Waals surface area contributed by atoms with Crippen LogP contribution in [0.2, 0.25) is 0 Å². The molecular weight excluding hydrogens is 436 g/mol. The van der Waals surface area contributed by atoms with E-state index in [0.717, 1.165) is 16.5 Å². The van der Waals surface area contributed by atoms with Crippen molar-refractivity contribution in [2.45, 2.75) is 43.8 Å². The molecule has 0 bridgehead atoms. The van der Waals surface area contributed by atoms with Crippen LogP contribution in [-0.2, 0) is 28.1 Å². The molecule has 2 aromatic carbocycles. The lowest BCUT2D eigenvalue weighted by Gasteiger charge is -2.39. The van der Waals surface area contributed by atoms with Crippen molar-refractivity contribution in [3.8, 4) is 5.75 Å². The van der Waals surface area contributed by atoms with Crippen LogP contribution >= 0.6 is 15.9 Å². The van der Waals surface area contributed by atoms with E-state index < -0.39 is 11.4 Å². The minimum atomic E-state index is -1.05. The van der Waals surface area contributed by atoms with E-state index in [1.165, 1.54) is 5.56 Å². The second-order valence-corrected chi connectivity index (χ2v) is 8.12. The molecule has 2 heterocycles. The van der Waals surface area contributed by atoms with Gasteiger partial charge in [-0.2, -0.15) is 0 Å². The molecule has 1 saturated heterocycles. The average Bonchev–Trinajstić information content (AvgIpc) is 3.08. The Kier molecular flexibility index (Phi) is 5.17. The number of hydrogen-bond acceptors (Lipinski definition) is 4. The topological polar surface area (TPSA) is 75.7 Å². The van der Waals surface area contributed by atoms with Crippen molar-refractivity contribution in [1.29, 1.82) is 0 Å². The summed E-state index contributed by atoms with van der Waals surface area (Å²) in [6, 6.07) is 13.5. The number of halogens is 1. The van der Waals surface area contributed by atoms with E-state index in [9.17, 15) is 14.4 Å². The number of nitrogens with one attached hydrogen (secondary N) is 1. The first kappa shape index (κ1) is 19.6. The van der Waals surface area contributed by atoms with Crippen molar-refractivity contribution in [3.63, 3.8) is 0 Å². The highest BCUT2D eigenvalue weighted by Gasteiger charge is 2.48. The Hall–Kier alpha value is -2.67. The van der Waals surface area contributed by atoms with E-state index in [-0.39, 0.29) is 24.8 Å². The van der Waals surface area contributed by atoms with Crippen LogP contribution in [0.3, 0.4) is 0 Å². The number of imide groups is 1. The van der Waals surface area contributed by atoms with Crippen LogP contribution < -0.4 is 10.1 Å². The number of carbonyl (C=O) groups excluding carboxylic acids is 3. The van der Waals surface area contributed by atoms with Crippen molar-refractivity contribution >= 4 is 33.7 Å². The minimum absolute atomic E-state index is 0.209. The van der Waals surface area contributed by atoms with Gasteiger partial charge in [0.25, 0.3) is 11.8 Å². The summed E-state index contributed by atoms with van der Waals surface area (Å²) in [5.74, 6) is -0.297. The van der Waals surface area contributed by atoms with Crippen LogP contribution in [-0.4, -0.2) is 28.2 Å². The van der Waals surface area contributed by atoms with Gasteiger partial charge >= 0.3 is 0 Å². The van der Waals surface area contributed by atoms with E-state index >= 15 is 0 Å². The van der Waals surface area contributed by atoms with Crippen LogP contribution in [0.25, 0.3) is 0 Å². The Labute approximate surface area is 177 Å². The van der Waals surface area contributed by atoms with Crippen molar-refractivity contribution < 1.29 is 19.1 Å². The Bertz CT molecular complexity index is 989. The van der Waals surface area contributed by atoms with Gasteiger partial charge < -0.3 is 9.64 Å². The molecule has 29 heavy (non-hydrogen) atoms. The van der Waals surface area contributed by atoms with Gasteiger partial charge in [0.2, 0.25) is 5.91 Å². The minimum Gasteiger partial charge on any atom is -0.489 e. The Balaban J connectivity index is 1.54. The van der Waals surface area contributed by atoms with Crippen molar-refractivity contribution in [3.05, 3.63) is 64.7 Å². The van der Waals surface area contributed by atoms with Crippen LogP contribution in [0.4, 0.5) is 0 Å². The molecule has 3 amide bonds. The third-order valence-electron chi connectivity index (χ3n) is 5.67. The first-order valence-electron chi connectivity index (χ1n) is 9.47. The number of fused-ring (bicyclic) bond motifs is 1. The number of ether oxygens (including phenoxy) is 1. The monoisotopic (exact) mass is 456 g/mol. The second kappa shape index (κ2) is 7.63. The van der Waals surface area contributed by atoms with Crippen molar-refractivity contribution in [1.82, 2.24) is 10.2 Å². The maximum absolute atomic E-state index is 13.0. The van der Waals surface area contributed by atoms with E-state index in [4.69, 9.17) is 4.74 Å². The number of rotatable bonds is 5. The van der Waals surface area contributed by atoms with Gasteiger partial charge in [0.05, 0.1) is 6.54 Å².